The second-order valence-electron chi connectivity index (χ2n) is 4.04. The van der Waals surface area contributed by atoms with E-state index in [2.05, 4.69) is 28.0 Å². The summed E-state index contributed by atoms with van der Waals surface area (Å²) in [7, 11) is 0. The lowest BCUT2D eigenvalue weighted by Crippen LogP contribution is -1.93. The molecular formula is C13H15BrN2O. The monoisotopic (exact) mass is 294 g/mol. The van der Waals surface area contributed by atoms with Gasteiger partial charge in [-0.3, -0.25) is 0 Å². The first-order chi connectivity index (χ1) is 8.15. The lowest BCUT2D eigenvalue weighted by molar-refractivity contribution is 0.434. The normalized spacial score (nSPS) is 10.8. The van der Waals surface area contributed by atoms with Crippen LogP contribution in [-0.2, 0) is 6.42 Å². The predicted molar refractivity (Wildman–Crippen MR) is 72.8 cm³/mol. The van der Waals surface area contributed by atoms with Crippen LogP contribution in [0.15, 0.2) is 27.2 Å². The van der Waals surface area contributed by atoms with Gasteiger partial charge in [0.1, 0.15) is 0 Å². The fourth-order valence-electron chi connectivity index (χ4n) is 1.88. The molecule has 2 rings (SSSR count). The summed E-state index contributed by atoms with van der Waals surface area (Å²) in [5.74, 6) is 1.30. The lowest BCUT2D eigenvalue weighted by atomic mass is 10.0. The fraction of sp³-hybridized carbons (Fsp3) is 0.308. The first-order valence-electron chi connectivity index (χ1n) is 5.64. The van der Waals surface area contributed by atoms with Crippen molar-refractivity contribution in [1.82, 2.24) is 5.16 Å². The fourth-order valence-corrected chi connectivity index (χ4v) is 2.24. The van der Waals surface area contributed by atoms with Crippen LogP contribution in [0, 0.1) is 6.92 Å². The van der Waals surface area contributed by atoms with E-state index in [4.69, 9.17) is 10.3 Å². The average Bonchev–Trinajstić information content (AvgIpc) is 2.66. The molecule has 0 bridgehead atoms. The minimum absolute atomic E-state index is 0.501. The molecule has 0 amide bonds. The minimum Gasteiger partial charge on any atom is -0.381 e. The zero-order chi connectivity index (χ0) is 12.4. The van der Waals surface area contributed by atoms with Crippen LogP contribution >= 0.6 is 15.9 Å². The second-order valence-corrected chi connectivity index (χ2v) is 4.89. The second kappa shape index (κ2) is 4.92. The largest absolute Gasteiger partial charge is 0.381 e. The molecule has 2 N–H and O–H groups in total. The Morgan fingerprint density at radius 1 is 1.41 bits per heavy atom. The van der Waals surface area contributed by atoms with Gasteiger partial charge in [-0.1, -0.05) is 46.6 Å². The molecule has 0 spiro atoms. The van der Waals surface area contributed by atoms with E-state index in [-0.39, 0.29) is 0 Å². The number of halogens is 1. The van der Waals surface area contributed by atoms with E-state index in [1.165, 1.54) is 0 Å². The molecule has 17 heavy (non-hydrogen) atoms. The summed E-state index contributed by atoms with van der Waals surface area (Å²) >= 11 is 3.52. The van der Waals surface area contributed by atoms with Crippen molar-refractivity contribution in [2.45, 2.75) is 26.7 Å². The van der Waals surface area contributed by atoms with Gasteiger partial charge in [0.15, 0.2) is 11.6 Å². The summed E-state index contributed by atoms with van der Waals surface area (Å²) < 4.78 is 6.44. The number of anilines is 1. The maximum atomic E-state index is 5.84. The standard InChI is InChI=1S/C13H15BrN2O/c1-3-5-10-12(17-16-13(10)15)9-6-4-7-11(14)8(9)2/h4,6-7H,3,5H2,1-2H3,(H2,15,16). The summed E-state index contributed by atoms with van der Waals surface area (Å²) in [6.45, 7) is 4.16. The van der Waals surface area contributed by atoms with E-state index in [0.29, 0.717) is 5.82 Å². The number of nitrogens with two attached hydrogens (primary N) is 1. The SMILES string of the molecule is CCCc1c(N)noc1-c1cccc(Br)c1C. The first kappa shape index (κ1) is 12.2. The van der Waals surface area contributed by atoms with Crippen LogP contribution in [0.3, 0.4) is 0 Å². The third-order valence-electron chi connectivity index (χ3n) is 2.83. The van der Waals surface area contributed by atoms with E-state index in [0.717, 1.165) is 39.8 Å². The van der Waals surface area contributed by atoms with Gasteiger partial charge in [0, 0.05) is 15.6 Å². The number of hydrogen-bond acceptors (Lipinski definition) is 3. The average molecular weight is 295 g/mol. The van der Waals surface area contributed by atoms with Crippen molar-refractivity contribution in [3.63, 3.8) is 0 Å². The van der Waals surface area contributed by atoms with Crippen LogP contribution in [0.4, 0.5) is 5.82 Å². The van der Waals surface area contributed by atoms with E-state index in [9.17, 15) is 0 Å². The van der Waals surface area contributed by atoms with Crippen molar-refractivity contribution in [3.05, 3.63) is 33.8 Å². The van der Waals surface area contributed by atoms with Gasteiger partial charge in [0.25, 0.3) is 0 Å². The van der Waals surface area contributed by atoms with Crippen molar-refractivity contribution >= 4 is 21.7 Å². The Balaban J connectivity index is 2.56. The molecule has 0 saturated heterocycles. The van der Waals surface area contributed by atoms with Gasteiger partial charge in [0.2, 0.25) is 0 Å². The molecule has 0 unspecified atom stereocenters. The molecule has 4 heteroatoms. The lowest BCUT2D eigenvalue weighted by Gasteiger charge is -2.06. The van der Waals surface area contributed by atoms with E-state index in [1.807, 2.05) is 25.1 Å². The molecule has 1 aromatic carbocycles. The smallest absolute Gasteiger partial charge is 0.172 e. The Labute approximate surface area is 109 Å². The summed E-state index contributed by atoms with van der Waals surface area (Å²) in [5, 5.41) is 3.87. The third kappa shape index (κ3) is 2.22. The molecular weight excluding hydrogens is 280 g/mol. The van der Waals surface area contributed by atoms with Crippen molar-refractivity contribution in [2.24, 2.45) is 0 Å². The Bertz CT molecular complexity index is 534. The Morgan fingerprint density at radius 3 is 2.88 bits per heavy atom. The highest BCUT2D eigenvalue weighted by Crippen LogP contribution is 2.33. The van der Waals surface area contributed by atoms with E-state index >= 15 is 0 Å². The zero-order valence-electron chi connectivity index (χ0n) is 9.96. The highest BCUT2D eigenvalue weighted by Gasteiger charge is 2.17. The highest BCUT2D eigenvalue weighted by molar-refractivity contribution is 9.10. The van der Waals surface area contributed by atoms with Crippen molar-refractivity contribution in [1.29, 1.82) is 0 Å². The van der Waals surface area contributed by atoms with Gasteiger partial charge in [-0.2, -0.15) is 0 Å². The van der Waals surface area contributed by atoms with Crippen LogP contribution in [0.1, 0.15) is 24.5 Å². The molecule has 1 heterocycles. The number of nitrogens with zero attached hydrogens (tertiary/aromatic N) is 1. The third-order valence-corrected chi connectivity index (χ3v) is 3.69. The van der Waals surface area contributed by atoms with Gasteiger partial charge < -0.3 is 10.3 Å². The molecule has 2 aromatic rings. The molecule has 0 radical (unpaired) electrons. The van der Waals surface area contributed by atoms with Gasteiger partial charge in [-0.05, 0) is 25.0 Å². The van der Waals surface area contributed by atoms with Crippen molar-refractivity contribution in [2.75, 3.05) is 5.73 Å². The summed E-state index contributed by atoms with van der Waals surface area (Å²) in [6, 6.07) is 6.03. The molecule has 90 valence electrons. The number of benzene rings is 1. The summed E-state index contributed by atoms with van der Waals surface area (Å²) in [4.78, 5) is 0. The van der Waals surface area contributed by atoms with Gasteiger partial charge in [-0.25, -0.2) is 0 Å². The number of rotatable bonds is 3. The van der Waals surface area contributed by atoms with Crippen LogP contribution < -0.4 is 5.73 Å². The first-order valence-corrected chi connectivity index (χ1v) is 6.44. The molecule has 0 aliphatic carbocycles. The molecule has 0 aliphatic heterocycles. The number of hydrogen-bond donors (Lipinski definition) is 1. The Kier molecular flexibility index (Phi) is 3.52. The summed E-state index contributed by atoms with van der Waals surface area (Å²) in [5.41, 5.74) is 9.03. The van der Waals surface area contributed by atoms with E-state index < -0.39 is 0 Å². The highest BCUT2D eigenvalue weighted by atomic mass is 79.9. The zero-order valence-corrected chi connectivity index (χ0v) is 11.5. The Hall–Kier alpha value is -1.29. The van der Waals surface area contributed by atoms with Gasteiger partial charge in [-0.15, -0.1) is 0 Å². The molecule has 3 nitrogen and oxygen atoms in total. The molecule has 1 aromatic heterocycles. The molecule has 0 fully saturated rings. The molecule has 0 atom stereocenters. The van der Waals surface area contributed by atoms with Crippen molar-refractivity contribution in [3.8, 4) is 11.3 Å². The number of nitrogen functional groups attached to an aromatic ring is 1. The quantitative estimate of drug-likeness (QED) is 0.932. The summed E-state index contributed by atoms with van der Waals surface area (Å²) in [6.07, 6.45) is 1.90. The van der Waals surface area contributed by atoms with Gasteiger partial charge in [0.05, 0.1) is 0 Å². The van der Waals surface area contributed by atoms with Crippen LogP contribution in [0.25, 0.3) is 11.3 Å². The number of aromatic nitrogens is 1. The predicted octanol–water partition coefficient (Wildman–Crippen LogP) is 3.95. The molecule has 0 saturated carbocycles. The maximum absolute atomic E-state index is 5.84. The van der Waals surface area contributed by atoms with Crippen LogP contribution in [0.2, 0.25) is 0 Å². The van der Waals surface area contributed by atoms with E-state index in [1.54, 1.807) is 0 Å². The maximum Gasteiger partial charge on any atom is 0.172 e. The minimum atomic E-state index is 0.501. The van der Waals surface area contributed by atoms with Crippen LogP contribution in [0.5, 0.6) is 0 Å². The van der Waals surface area contributed by atoms with Crippen molar-refractivity contribution < 1.29 is 4.52 Å². The topological polar surface area (TPSA) is 52.0 Å². The Morgan fingerprint density at radius 2 is 2.18 bits per heavy atom. The van der Waals surface area contributed by atoms with Gasteiger partial charge >= 0.3 is 0 Å². The van der Waals surface area contributed by atoms with Crippen LogP contribution in [-0.4, -0.2) is 5.16 Å². The molecule has 0 aliphatic rings.